The van der Waals surface area contributed by atoms with Gasteiger partial charge in [-0.15, -0.1) is 0 Å². The van der Waals surface area contributed by atoms with E-state index in [2.05, 4.69) is 33.8 Å². The summed E-state index contributed by atoms with van der Waals surface area (Å²) in [6.45, 7) is 8.89. The van der Waals surface area contributed by atoms with E-state index >= 15 is 0 Å². The van der Waals surface area contributed by atoms with Gasteiger partial charge in [-0.2, -0.15) is 0 Å². The van der Waals surface area contributed by atoms with Crippen LogP contribution in [0.3, 0.4) is 0 Å². The van der Waals surface area contributed by atoms with Crippen molar-refractivity contribution >= 4 is 10.0 Å². The van der Waals surface area contributed by atoms with Gasteiger partial charge in [-0.1, -0.05) is 39.8 Å². The fourth-order valence-electron chi connectivity index (χ4n) is 1.95. The second-order valence-electron chi connectivity index (χ2n) is 6.00. The third-order valence-corrected chi connectivity index (χ3v) is 3.95. The van der Waals surface area contributed by atoms with Gasteiger partial charge in [0.15, 0.2) is 0 Å². The lowest BCUT2D eigenvalue weighted by Gasteiger charge is -2.23. The number of primary sulfonamides is 1. The molecule has 0 aliphatic rings. The lowest BCUT2D eigenvalue weighted by atomic mass is 9.85. The zero-order chi connectivity index (χ0) is 15.4. The van der Waals surface area contributed by atoms with Crippen molar-refractivity contribution in [3.05, 3.63) is 29.3 Å². The average Bonchev–Trinajstić information content (AvgIpc) is 2.32. The standard InChI is InChI=1S/C15H25NO3S/c1-5-12-7-8-14(13(11-12)15(2,3)4)19-9-6-10-20(16,17)18/h7-8,11H,5-6,9-10H2,1-4H3,(H2,16,17,18). The second kappa shape index (κ2) is 6.59. The van der Waals surface area contributed by atoms with E-state index in [9.17, 15) is 8.42 Å². The van der Waals surface area contributed by atoms with Gasteiger partial charge in [-0.25, -0.2) is 13.6 Å². The van der Waals surface area contributed by atoms with E-state index < -0.39 is 10.0 Å². The molecule has 0 aliphatic heterocycles. The summed E-state index contributed by atoms with van der Waals surface area (Å²) in [6, 6.07) is 6.18. The van der Waals surface area contributed by atoms with E-state index in [4.69, 9.17) is 9.88 Å². The van der Waals surface area contributed by atoms with Crippen LogP contribution in [0.5, 0.6) is 5.75 Å². The fourth-order valence-corrected chi connectivity index (χ4v) is 2.47. The van der Waals surface area contributed by atoms with Crippen molar-refractivity contribution < 1.29 is 13.2 Å². The molecule has 1 aromatic carbocycles. The molecule has 0 bridgehead atoms. The van der Waals surface area contributed by atoms with Crippen LogP contribution in [0.15, 0.2) is 18.2 Å². The Kier molecular flexibility index (Phi) is 5.59. The van der Waals surface area contributed by atoms with Crippen molar-refractivity contribution in [2.75, 3.05) is 12.4 Å². The second-order valence-corrected chi connectivity index (χ2v) is 7.74. The Morgan fingerprint density at radius 2 is 1.90 bits per heavy atom. The highest BCUT2D eigenvalue weighted by Crippen LogP contribution is 2.32. The smallest absolute Gasteiger partial charge is 0.209 e. The van der Waals surface area contributed by atoms with Crippen LogP contribution in [-0.2, 0) is 21.9 Å². The van der Waals surface area contributed by atoms with Crippen molar-refractivity contribution in [2.45, 2.75) is 46.0 Å². The largest absolute Gasteiger partial charge is 0.493 e. The average molecular weight is 299 g/mol. The Bertz CT molecular complexity index is 545. The Labute approximate surface area is 122 Å². The monoisotopic (exact) mass is 299 g/mol. The van der Waals surface area contributed by atoms with E-state index in [1.165, 1.54) is 5.56 Å². The van der Waals surface area contributed by atoms with E-state index in [0.717, 1.165) is 17.7 Å². The van der Waals surface area contributed by atoms with E-state index in [-0.39, 0.29) is 11.2 Å². The van der Waals surface area contributed by atoms with Crippen LogP contribution in [0.2, 0.25) is 0 Å². The van der Waals surface area contributed by atoms with E-state index in [0.29, 0.717) is 13.0 Å². The zero-order valence-electron chi connectivity index (χ0n) is 12.8. The minimum Gasteiger partial charge on any atom is -0.493 e. The minimum atomic E-state index is -3.41. The number of hydrogen-bond acceptors (Lipinski definition) is 3. The summed E-state index contributed by atoms with van der Waals surface area (Å²) < 4.78 is 27.5. The number of sulfonamides is 1. The van der Waals surface area contributed by atoms with Crippen molar-refractivity contribution in [2.24, 2.45) is 5.14 Å². The number of ether oxygens (including phenoxy) is 1. The summed E-state index contributed by atoms with van der Waals surface area (Å²) in [7, 11) is -3.41. The molecule has 1 rings (SSSR count). The van der Waals surface area contributed by atoms with Crippen molar-refractivity contribution in [3.8, 4) is 5.75 Å². The van der Waals surface area contributed by atoms with Gasteiger partial charge in [0.2, 0.25) is 10.0 Å². The molecule has 0 amide bonds. The van der Waals surface area contributed by atoms with Crippen LogP contribution >= 0.6 is 0 Å². The molecular formula is C15H25NO3S. The van der Waals surface area contributed by atoms with E-state index in [1.54, 1.807) is 0 Å². The summed E-state index contributed by atoms with van der Waals surface area (Å²) in [5.74, 6) is 0.773. The van der Waals surface area contributed by atoms with Crippen LogP contribution in [0.1, 0.15) is 45.2 Å². The Morgan fingerprint density at radius 1 is 1.25 bits per heavy atom. The topological polar surface area (TPSA) is 69.4 Å². The maximum atomic E-state index is 10.9. The van der Waals surface area contributed by atoms with Crippen LogP contribution in [-0.4, -0.2) is 20.8 Å². The van der Waals surface area contributed by atoms with Gasteiger partial charge in [-0.05, 0) is 35.4 Å². The van der Waals surface area contributed by atoms with Gasteiger partial charge in [0.25, 0.3) is 0 Å². The van der Waals surface area contributed by atoms with Crippen molar-refractivity contribution in [1.29, 1.82) is 0 Å². The normalized spacial score (nSPS) is 12.4. The third kappa shape index (κ3) is 5.51. The first-order valence-corrected chi connectivity index (χ1v) is 8.61. The molecule has 0 atom stereocenters. The molecule has 0 unspecified atom stereocenters. The molecule has 0 aliphatic carbocycles. The molecule has 0 saturated heterocycles. The maximum absolute atomic E-state index is 10.9. The highest BCUT2D eigenvalue weighted by atomic mass is 32.2. The van der Waals surface area contributed by atoms with Gasteiger partial charge >= 0.3 is 0 Å². The van der Waals surface area contributed by atoms with E-state index in [1.807, 2.05) is 12.1 Å². The first-order valence-electron chi connectivity index (χ1n) is 6.90. The zero-order valence-corrected chi connectivity index (χ0v) is 13.6. The summed E-state index contributed by atoms with van der Waals surface area (Å²) >= 11 is 0. The van der Waals surface area contributed by atoms with Gasteiger partial charge in [0, 0.05) is 0 Å². The number of benzene rings is 1. The molecule has 1 aromatic rings. The SMILES string of the molecule is CCc1ccc(OCCCS(N)(=O)=O)c(C(C)(C)C)c1. The Balaban J connectivity index is 2.79. The van der Waals surface area contributed by atoms with Crippen molar-refractivity contribution in [1.82, 2.24) is 0 Å². The van der Waals surface area contributed by atoms with Crippen LogP contribution in [0, 0.1) is 0 Å². The highest BCUT2D eigenvalue weighted by molar-refractivity contribution is 7.89. The molecule has 114 valence electrons. The minimum absolute atomic E-state index is 0.0134. The Hall–Kier alpha value is -1.07. The summed E-state index contributed by atoms with van der Waals surface area (Å²) in [5.41, 5.74) is 2.40. The number of aryl methyl sites for hydroxylation is 1. The number of hydrogen-bond donors (Lipinski definition) is 1. The predicted molar refractivity (Wildman–Crippen MR) is 82.6 cm³/mol. The van der Waals surface area contributed by atoms with Gasteiger partial charge < -0.3 is 4.74 Å². The van der Waals surface area contributed by atoms with Gasteiger partial charge in [0.1, 0.15) is 5.75 Å². The fraction of sp³-hybridized carbons (Fsp3) is 0.600. The molecule has 2 N–H and O–H groups in total. The lowest BCUT2D eigenvalue weighted by molar-refractivity contribution is 0.309. The first-order chi connectivity index (χ1) is 9.13. The summed E-state index contributed by atoms with van der Waals surface area (Å²) in [5, 5.41) is 4.97. The molecule has 5 heteroatoms. The predicted octanol–water partition coefficient (Wildman–Crippen LogP) is 2.60. The molecule has 0 heterocycles. The lowest BCUT2D eigenvalue weighted by Crippen LogP contribution is -2.19. The third-order valence-electron chi connectivity index (χ3n) is 3.09. The van der Waals surface area contributed by atoms with Crippen LogP contribution < -0.4 is 9.88 Å². The summed E-state index contributed by atoms with van der Waals surface area (Å²) in [4.78, 5) is 0. The number of rotatable bonds is 6. The molecule has 4 nitrogen and oxygen atoms in total. The number of nitrogens with two attached hydrogens (primary N) is 1. The quantitative estimate of drug-likeness (QED) is 0.821. The molecule has 0 radical (unpaired) electrons. The molecular weight excluding hydrogens is 274 g/mol. The Morgan fingerprint density at radius 3 is 2.40 bits per heavy atom. The van der Waals surface area contributed by atoms with Crippen molar-refractivity contribution in [3.63, 3.8) is 0 Å². The maximum Gasteiger partial charge on any atom is 0.209 e. The molecule has 0 spiro atoms. The molecule has 0 fully saturated rings. The van der Waals surface area contributed by atoms with Crippen LogP contribution in [0.4, 0.5) is 0 Å². The highest BCUT2D eigenvalue weighted by Gasteiger charge is 2.19. The molecule has 0 aromatic heterocycles. The van der Waals surface area contributed by atoms with Gasteiger partial charge in [0.05, 0.1) is 12.4 Å². The molecule has 0 saturated carbocycles. The first kappa shape index (κ1) is 17.0. The molecule has 20 heavy (non-hydrogen) atoms. The van der Waals surface area contributed by atoms with Gasteiger partial charge in [-0.3, -0.25) is 0 Å². The summed E-state index contributed by atoms with van der Waals surface area (Å²) in [6.07, 6.45) is 1.38. The van der Waals surface area contributed by atoms with Crippen LogP contribution in [0.25, 0.3) is 0 Å².